The van der Waals surface area contributed by atoms with Gasteiger partial charge >= 0.3 is 5.97 Å². The van der Waals surface area contributed by atoms with Gasteiger partial charge in [0.05, 0.1) is 6.42 Å². The summed E-state index contributed by atoms with van der Waals surface area (Å²) in [6.45, 7) is 1.38. The SMILES string of the molecule is CC(=O)CCC(=O)O.c1ccc(Oc2ccccc2)cc1. The molecule has 0 aliphatic carbocycles. The number of carboxylic acid groups (broad SMARTS) is 1. The molecule has 2 rings (SSSR count). The number of hydrogen-bond donors (Lipinski definition) is 1. The third kappa shape index (κ3) is 8.21. The van der Waals surface area contributed by atoms with Gasteiger partial charge in [-0.1, -0.05) is 36.4 Å². The predicted molar refractivity (Wildman–Crippen MR) is 80.5 cm³/mol. The standard InChI is InChI=1S/C12H10O.C5H8O3/c1-3-7-11(8-4-1)13-12-9-5-2-6-10-12;1-4(6)2-3-5(7)8/h1-10H;2-3H2,1H3,(H,7,8). The zero-order chi connectivity index (χ0) is 15.5. The van der Waals surface area contributed by atoms with E-state index in [0.29, 0.717) is 0 Å². The second kappa shape index (κ2) is 9.31. The van der Waals surface area contributed by atoms with E-state index in [4.69, 9.17) is 9.84 Å². The van der Waals surface area contributed by atoms with Crippen molar-refractivity contribution in [3.8, 4) is 11.5 Å². The molecule has 0 unspecified atom stereocenters. The maximum Gasteiger partial charge on any atom is 0.303 e. The molecule has 0 bridgehead atoms. The maximum atomic E-state index is 10.1. The van der Waals surface area contributed by atoms with Crippen LogP contribution in [0.4, 0.5) is 0 Å². The third-order valence-corrected chi connectivity index (χ3v) is 2.41. The molecule has 0 radical (unpaired) electrons. The van der Waals surface area contributed by atoms with E-state index in [9.17, 15) is 9.59 Å². The van der Waals surface area contributed by atoms with E-state index < -0.39 is 5.97 Å². The van der Waals surface area contributed by atoms with Gasteiger partial charge < -0.3 is 14.6 Å². The number of Topliss-reactive ketones (excluding diaryl/α,β-unsaturated/α-hetero) is 1. The van der Waals surface area contributed by atoms with Crippen LogP contribution in [0.5, 0.6) is 11.5 Å². The maximum absolute atomic E-state index is 10.1. The van der Waals surface area contributed by atoms with Crippen molar-refractivity contribution >= 4 is 11.8 Å². The molecule has 1 N–H and O–H groups in total. The van der Waals surface area contributed by atoms with E-state index in [1.54, 1.807) is 0 Å². The summed E-state index contributed by atoms with van der Waals surface area (Å²) in [6.07, 6.45) is 0.102. The number of carboxylic acids is 1. The van der Waals surface area contributed by atoms with Gasteiger partial charge in [-0.3, -0.25) is 4.79 Å². The van der Waals surface area contributed by atoms with Crippen molar-refractivity contribution in [2.75, 3.05) is 0 Å². The lowest BCUT2D eigenvalue weighted by Gasteiger charge is -2.03. The fourth-order valence-electron chi connectivity index (χ4n) is 1.40. The normalized spacial score (nSPS) is 9.19. The molecule has 0 atom stereocenters. The highest BCUT2D eigenvalue weighted by atomic mass is 16.5. The highest BCUT2D eigenvalue weighted by Crippen LogP contribution is 2.19. The molecule has 0 fully saturated rings. The lowest BCUT2D eigenvalue weighted by atomic mass is 10.2. The second-order valence-corrected chi connectivity index (χ2v) is 4.32. The summed E-state index contributed by atoms with van der Waals surface area (Å²) in [5.74, 6) is 0.745. The van der Waals surface area contributed by atoms with E-state index >= 15 is 0 Å². The zero-order valence-corrected chi connectivity index (χ0v) is 11.9. The summed E-state index contributed by atoms with van der Waals surface area (Å²) in [7, 11) is 0. The number of aliphatic carboxylic acids is 1. The van der Waals surface area contributed by atoms with Crippen LogP contribution in [0.2, 0.25) is 0 Å². The van der Waals surface area contributed by atoms with E-state index in [1.807, 2.05) is 60.7 Å². The Kier molecular flexibility index (Phi) is 7.29. The van der Waals surface area contributed by atoms with Crippen LogP contribution in [0, 0.1) is 0 Å². The van der Waals surface area contributed by atoms with Crippen LogP contribution in [0.25, 0.3) is 0 Å². The number of hydrogen-bond acceptors (Lipinski definition) is 3. The zero-order valence-electron chi connectivity index (χ0n) is 11.9. The second-order valence-electron chi connectivity index (χ2n) is 4.32. The fraction of sp³-hybridized carbons (Fsp3) is 0.176. The predicted octanol–water partition coefficient (Wildman–Crippen LogP) is 3.92. The average Bonchev–Trinajstić information content (AvgIpc) is 2.48. The molecule has 0 aliphatic heterocycles. The quantitative estimate of drug-likeness (QED) is 0.904. The minimum atomic E-state index is -0.916. The first kappa shape index (κ1) is 16.4. The Morgan fingerprint density at radius 1 is 0.857 bits per heavy atom. The van der Waals surface area contributed by atoms with Gasteiger partial charge in [0.25, 0.3) is 0 Å². The number of ketones is 1. The van der Waals surface area contributed by atoms with E-state index in [-0.39, 0.29) is 18.6 Å². The summed E-state index contributed by atoms with van der Waals surface area (Å²) < 4.78 is 5.58. The van der Waals surface area contributed by atoms with Gasteiger partial charge in [-0.2, -0.15) is 0 Å². The van der Waals surface area contributed by atoms with Gasteiger partial charge in [0.1, 0.15) is 17.3 Å². The van der Waals surface area contributed by atoms with Crippen LogP contribution < -0.4 is 4.74 Å². The molecule has 0 spiro atoms. The van der Waals surface area contributed by atoms with E-state index in [1.165, 1.54) is 6.92 Å². The van der Waals surface area contributed by atoms with Crippen LogP contribution in [-0.4, -0.2) is 16.9 Å². The molecule has 0 aromatic heterocycles. The van der Waals surface area contributed by atoms with Crippen LogP contribution in [0.3, 0.4) is 0 Å². The number of benzene rings is 2. The molecular formula is C17H18O4. The lowest BCUT2D eigenvalue weighted by molar-refractivity contribution is -0.138. The van der Waals surface area contributed by atoms with Crippen molar-refractivity contribution in [1.29, 1.82) is 0 Å². The van der Waals surface area contributed by atoms with Gasteiger partial charge in [-0.25, -0.2) is 0 Å². The molecule has 0 saturated heterocycles. The monoisotopic (exact) mass is 286 g/mol. The van der Waals surface area contributed by atoms with Crippen molar-refractivity contribution < 1.29 is 19.4 Å². The van der Waals surface area contributed by atoms with Gasteiger partial charge in [-0.05, 0) is 31.2 Å². The largest absolute Gasteiger partial charge is 0.481 e. The van der Waals surface area contributed by atoms with Crippen LogP contribution in [0.1, 0.15) is 19.8 Å². The van der Waals surface area contributed by atoms with Gasteiger partial charge in [0.15, 0.2) is 0 Å². The molecule has 0 amide bonds. The molecular weight excluding hydrogens is 268 g/mol. The van der Waals surface area contributed by atoms with Crippen LogP contribution in [0.15, 0.2) is 60.7 Å². The molecule has 2 aromatic carbocycles. The summed E-state index contributed by atoms with van der Waals surface area (Å²) in [5, 5.41) is 8.01. The molecule has 2 aromatic rings. The first-order chi connectivity index (χ1) is 10.1. The van der Waals surface area contributed by atoms with E-state index in [2.05, 4.69) is 0 Å². The molecule has 110 valence electrons. The molecule has 4 heteroatoms. The van der Waals surface area contributed by atoms with Gasteiger partial charge in [-0.15, -0.1) is 0 Å². The Hall–Kier alpha value is -2.62. The average molecular weight is 286 g/mol. The highest BCUT2D eigenvalue weighted by Gasteiger charge is 1.97. The first-order valence-corrected chi connectivity index (χ1v) is 6.57. The minimum Gasteiger partial charge on any atom is -0.481 e. The van der Waals surface area contributed by atoms with Crippen molar-refractivity contribution in [2.24, 2.45) is 0 Å². The Bertz CT molecular complexity index is 498. The van der Waals surface area contributed by atoms with Gasteiger partial charge in [0, 0.05) is 6.42 Å². The molecule has 0 saturated carbocycles. The lowest BCUT2D eigenvalue weighted by Crippen LogP contribution is -1.98. The molecule has 21 heavy (non-hydrogen) atoms. The molecule has 4 nitrogen and oxygen atoms in total. The number of carbonyl (C=O) groups excluding carboxylic acids is 1. The van der Waals surface area contributed by atoms with Crippen LogP contribution in [-0.2, 0) is 9.59 Å². The van der Waals surface area contributed by atoms with Crippen molar-refractivity contribution in [3.05, 3.63) is 60.7 Å². The third-order valence-electron chi connectivity index (χ3n) is 2.41. The minimum absolute atomic E-state index is 0.0463. The Labute approximate surface area is 124 Å². The van der Waals surface area contributed by atoms with Gasteiger partial charge in [0.2, 0.25) is 0 Å². The summed E-state index contributed by atoms with van der Waals surface area (Å²) in [4.78, 5) is 19.8. The summed E-state index contributed by atoms with van der Waals surface area (Å²) in [6, 6.07) is 19.5. The topological polar surface area (TPSA) is 63.6 Å². The van der Waals surface area contributed by atoms with Crippen LogP contribution >= 0.6 is 0 Å². The molecule has 0 aliphatic rings. The first-order valence-electron chi connectivity index (χ1n) is 6.57. The smallest absolute Gasteiger partial charge is 0.303 e. The Morgan fingerprint density at radius 3 is 1.57 bits per heavy atom. The Morgan fingerprint density at radius 2 is 1.29 bits per heavy atom. The number of rotatable bonds is 5. The van der Waals surface area contributed by atoms with E-state index in [0.717, 1.165) is 11.5 Å². The fourth-order valence-corrected chi connectivity index (χ4v) is 1.40. The van der Waals surface area contributed by atoms with Crippen molar-refractivity contribution in [1.82, 2.24) is 0 Å². The van der Waals surface area contributed by atoms with Crippen molar-refractivity contribution in [3.63, 3.8) is 0 Å². The Balaban J connectivity index is 0.000000240. The highest BCUT2D eigenvalue weighted by molar-refractivity contribution is 5.80. The number of carbonyl (C=O) groups is 2. The summed E-state index contributed by atoms with van der Waals surface area (Å²) in [5.41, 5.74) is 0. The summed E-state index contributed by atoms with van der Waals surface area (Å²) >= 11 is 0. The molecule has 0 heterocycles. The number of ether oxygens (including phenoxy) is 1. The van der Waals surface area contributed by atoms with Crippen molar-refractivity contribution in [2.45, 2.75) is 19.8 Å². The number of para-hydroxylation sites is 2.